The third-order valence-electron chi connectivity index (χ3n) is 6.39. The topological polar surface area (TPSA) is 67.4 Å². The van der Waals surface area contributed by atoms with Crippen molar-refractivity contribution in [2.45, 2.75) is 57.7 Å². The van der Waals surface area contributed by atoms with Gasteiger partial charge in [-0.1, -0.05) is 12.2 Å². The van der Waals surface area contributed by atoms with Crippen molar-refractivity contribution in [2.24, 2.45) is 11.8 Å². The molecule has 3 aliphatic rings. The molecule has 1 spiro atoms. The number of amides is 1. The van der Waals surface area contributed by atoms with Crippen LogP contribution in [0.2, 0.25) is 0 Å². The molecule has 6 heteroatoms. The highest BCUT2D eigenvalue weighted by molar-refractivity contribution is 5.75. The first-order valence-corrected chi connectivity index (χ1v) is 10.2. The summed E-state index contributed by atoms with van der Waals surface area (Å²) in [6, 6.07) is 1.93. The molecule has 1 amide bonds. The molecule has 4 rings (SSSR count). The molecule has 0 radical (unpaired) electrons. The van der Waals surface area contributed by atoms with Crippen LogP contribution in [0.1, 0.15) is 44.7 Å². The fourth-order valence-electron chi connectivity index (χ4n) is 5.07. The predicted octanol–water partition coefficient (Wildman–Crippen LogP) is 2.63. The number of carbonyl (C=O) groups excluding carboxylic acids is 1. The number of allylic oxidation sites excluding steroid dienone is 2. The Hall–Kier alpha value is -1.95. The molecule has 0 saturated carbocycles. The summed E-state index contributed by atoms with van der Waals surface area (Å²) in [4.78, 5) is 23.5. The van der Waals surface area contributed by atoms with E-state index in [0.29, 0.717) is 24.4 Å². The van der Waals surface area contributed by atoms with E-state index in [9.17, 15) is 4.79 Å². The fraction of sp³-hybridized carbons (Fsp3) is 0.667. The summed E-state index contributed by atoms with van der Waals surface area (Å²) >= 11 is 0. The molecule has 3 aliphatic heterocycles. The molecule has 1 N–H and O–H groups in total. The van der Waals surface area contributed by atoms with Gasteiger partial charge in [-0.3, -0.25) is 4.79 Å². The number of hydrogen-bond donors (Lipinski definition) is 1. The lowest BCUT2D eigenvalue weighted by Gasteiger charge is -2.29. The Bertz CT molecular complexity index is 722. The number of fused-ring (bicyclic) bond motifs is 1. The molecule has 27 heavy (non-hydrogen) atoms. The van der Waals surface area contributed by atoms with E-state index in [-0.39, 0.29) is 11.5 Å². The van der Waals surface area contributed by atoms with Gasteiger partial charge in [0.15, 0.2) is 0 Å². The van der Waals surface area contributed by atoms with Crippen molar-refractivity contribution in [2.75, 3.05) is 24.5 Å². The van der Waals surface area contributed by atoms with Gasteiger partial charge in [0, 0.05) is 43.2 Å². The van der Waals surface area contributed by atoms with Crippen molar-refractivity contribution in [3.63, 3.8) is 0 Å². The Labute approximate surface area is 161 Å². The lowest BCUT2D eigenvalue weighted by Crippen LogP contribution is -2.41. The lowest BCUT2D eigenvalue weighted by molar-refractivity contribution is -0.121. The maximum atomic E-state index is 12.2. The van der Waals surface area contributed by atoms with Crippen LogP contribution in [-0.2, 0) is 9.53 Å². The molecule has 3 fully saturated rings. The third kappa shape index (κ3) is 3.59. The summed E-state index contributed by atoms with van der Waals surface area (Å²) in [5, 5.41) is 3.17. The van der Waals surface area contributed by atoms with Crippen LogP contribution in [0.15, 0.2) is 24.4 Å². The van der Waals surface area contributed by atoms with E-state index in [1.165, 1.54) is 0 Å². The normalized spacial score (nSPS) is 31.6. The number of hydrogen-bond acceptors (Lipinski definition) is 5. The number of ether oxygens (including phenoxy) is 1. The number of carbonyl (C=O) groups is 1. The van der Waals surface area contributed by atoms with E-state index in [1.54, 1.807) is 0 Å². The van der Waals surface area contributed by atoms with E-state index < -0.39 is 0 Å². The molecule has 146 valence electrons. The zero-order chi connectivity index (χ0) is 18.9. The number of aromatic nitrogens is 2. The summed E-state index contributed by atoms with van der Waals surface area (Å²) in [5.41, 5.74) is 0.917. The van der Waals surface area contributed by atoms with Crippen molar-refractivity contribution >= 4 is 11.9 Å². The van der Waals surface area contributed by atoms with Gasteiger partial charge in [-0.25, -0.2) is 9.97 Å². The Morgan fingerprint density at radius 3 is 3.22 bits per heavy atom. The summed E-state index contributed by atoms with van der Waals surface area (Å²) in [6.07, 6.45) is 10.9. The van der Waals surface area contributed by atoms with Crippen molar-refractivity contribution in [1.29, 1.82) is 0 Å². The molecule has 2 bridgehead atoms. The molecular formula is C21H30N4O2. The second kappa shape index (κ2) is 7.58. The summed E-state index contributed by atoms with van der Waals surface area (Å²) in [5.74, 6) is 1.81. The van der Waals surface area contributed by atoms with Gasteiger partial charge in [-0.15, -0.1) is 0 Å². The zero-order valence-corrected chi connectivity index (χ0v) is 16.4. The van der Waals surface area contributed by atoms with Gasteiger partial charge in [-0.05, 0) is 45.6 Å². The van der Waals surface area contributed by atoms with E-state index in [2.05, 4.69) is 26.3 Å². The second-order valence-corrected chi connectivity index (χ2v) is 8.17. The van der Waals surface area contributed by atoms with Crippen LogP contribution in [0.4, 0.5) is 5.95 Å². The molecule has 0 unspecified atom stereocenters. The molecule has 6 nitrogen and oxygen atoms in total. The molecule has 1 aromatic heterocycles. The molecule has 4 heterocycles. The highest BCUT2D eigenvalue weighted by Gasteiger charge is 2.63. The molecule has 0 aromatic carbocycles. The van der Waals surface area contributed by atoms with E-state index in [0.717, 1.165) is 57.0 Å². The van der Waals surface area contributed by atoms with Gasteiger partial charge in [0.05, 0.1) is 18.2 Å². The second-order valence-electron chi connectivity index (χ2n) is 8.17. The van der Waals surface area contributed by atoms with Crippen LogP contribution in [0, 0.1) is 18.8 Å². The van der Waals surface area contributed by atoms with Crippen molar-refractivity contribution in [3.8, 4) is 0 Å². The average molecular weight is 370 g/mol. The monoisotopic (exact) mass is 370 g/mol. The van der Waals surface area contributed by atoms with Crippen LogP contribution >= 0.6 is 0 Å². The van der Waals surface area contributed by atoms with Gasteiger partial charge in [0.1, 0.15) is 0 Å². The largest absolute Gasteiger partial charge is 0.369 e. The summed E-state index contributed by atoms with van der Waals surface area (Å²) in [7, 11) is 0. The highest BCUT2D eigenvalue weighted by atomic mass is 16.5. The van der Waals surface area contributed by atoms with Gasteiger partial charge in [-0.2, -0.15) is 0 Å². The van der Waals surface area contributed by atoms with Gasteiger partial charge in [0.2, 0.25) is 11.9 Å². The van der Waals surface area contributed by atoms with Gasteiger partial charge < -0.3 is 15.0 Å². The van der Waals surface area contributed by atoms with Crippen LogP contribution in [0.5, 0.6) is 0 Å². The summed E-state index contributed by atoms with van der Waals surface area (Å²) < 4.78 is 6.47. The minimum absolute atomic E-state index is 0.0703. The molecule has 0 aliphatic carbocycles. The van der Waals surface area contributed by atoms with Gasteiger partial charge >= 0.3 is 0 Å². The highest BCUT2D eigenvalue weighted by Crippen LogP contribution is 2.54. The maximum absolute atomic E-state index is 12.2. The molecule has 4 atom stereocenters. The average Bonchev–Trinajstić information content (AvgIpc) is 3.32. The Morgan fingerprint density at radius 1 is 1.52 bits per heavy atom. The Kier molecular flexibility index (Phi) is 5.17. The van der Waals surface area contributed by atoms with Crippen LogP contribution in [-0.4, -0.2) is 47.2 Å². The van der Waals surface area contributed by atoms with E-state index in [1.807, 2.05) is 32.2 Å². The first-order chi connectivity index (χ1) is 13.1. The van der Waals surface area contributed by atoms with Crippen molar-refractivity contribution < 1.29 is 9.53 Å². The number of unbranched alkanes of at least 4 members (excludes halogenated alkanes) is 1. The Balaban J connectivity index is 1.36. The molecular weight excluding hydrogens is 340 g/mol. The predicted molar refractivity (Wildman–Crippen MR) is 104 cm³/mol. The SMILES string of the molecule is CC=CCCCC(=O)NC[C@H]1[C@H]2CN(c3nccc(C)n3)C[C@]23CC[C@H]1O3. The van der Waals surface area contributed by atoms with Crippen LogP contribution in [0.3, 0.4) is 0 Å². The lowest BCUT2D eigenvalue weighted by atomic mass is 9.73. The van der Waals surface area contributed by atoms with E-state index in [4.69, 9.17) is 4.74 Å². The smallest absolute Gasteiger partial charge is 0.225 e. The quantitative estimate of drug-likeness (QED) is 0.590. The number of rotatable bonds is 7. The summed E-state index contributed by atoms with van der Waals surface area (Å²) in [6.45, 7) is 6.52. The zero-order valence-electron chi connectivity index (χ0n) is 16.4. The molecule has 3 saturated heterocycles. The first kappa shape index (κ1) is 18.4. The minimum Gasteiger partial charge on any atom is -0.369 e. The van der Waals surface area contributed by atoms with Crippen molar-refractivity contribution in [1.82, 2.24) is 15.3 Å². The van der Waals surface area contributed by atoms with Gasteiger partial charge in [0.25, 0.3) is 0 Å². The van der Waals surface area contributed by atoms with E-state index >= 15 is 0 Å². The fourth-order valence-corrected chi connectivity index (χ4v) is 5.07. The Morgan fingerprint density at radius 2 is 2.41 bits per heavy atom. The van der Waals surface area contributed by atoms with Crippen LogP contribution < -0.4 is 10.2 Å². The number of nitrogens with zero attached hydrogens (tertiary/aromatic N) is 3. The number of nitrogens with one attached hydrogen (secondary N) is 1. The minimum atomic E-state index is -0.0703. The number of aryl methyl sites for hydroxylation is 1. The first-order valence-electron chi connectivity index (χ1n) is 10.2. The standard InChI is InChI=1S/C21H30N4O2/c1-3-4-5-6-7-19(26)23-12-16-17-13-25(20-22-11-9-15(2)24-20)14-21(17)10-8-18(16)27-21/h3-4,9,11,16-18H,5-8,10,12-14H2,1-2H3,(H,23,26)/t16-,17+,18+,21+/m0/s1. The maximum Gasteiger partial charge on any atom is 0.225 e. The van der Waals surface area contributed by atoms with Crippen LogP contribution in [0.25, 0.3) is 0 Å². The third-order valence-corrected chi connectivity index (χ3v) is 6.39. The van der Waals surface area contributed by atoms with Crippen molar-refractivity contribution in [3.05, 3.63) is 30.1 Å². The molecule has 1 aromatic rings. The number of anilines is 1.